The fourth-order valence-corrected chi connectivity index (χ4v) is 3.77. The Balaban J connectivity index is 1.46. The molecule has 0 bridgehead atoms. The van der Waals surface area contributed by atoms with E-state index in [0.717, 1.165) is 19.6 Å². The molecule has 0 unspecified atom stereocenters. The maximum absolute atomic E-state index is 9.68. The van der Waals surface area contributed by atoms with Crippen molar-refractivity contribution in [1.82, 2.24) is 10.3 Å². The second-order valence-corrected chi connectivity index (χ2v) is 6.71. The van der Waals surface area contributed by atoms with Crippen LogP contribution in [0.3, 0.4) is 0 Å². The van der Waals surface area contributed by atoms with E-state index in [1.165, 1.54) is 44.2 Å². The number of rotatable bonds is 5. The minimum absolute atomic E-state index is 0.169. The molecule has 4 heteroatoms. The zero-order valence-corrected chi connectivity index (χ0v) is 12.8. The van der Waals surface area contributed by atoms with Gasteiger partial charge in [-0.2, -0.15) is 0 Å². The van der Waals surface area contributed by atoms with Crippen LogP contribution in [0.2, 0.25) is 0 Å². The van der Waals surface area contributed by atoms with Crippen LogP contribution in [0.15, 0.2) is 24.5 Å². The van der Waals surface area contributed by atoms with Gasteiger partial charge in [-0.25, -0.2) is 0 Å². The Labute approximate surface area is 127 Å². The number of pyridine rings is 1. The van der Waals surface area contributed by atoms with Crippen LogP contribution in [-0.4, -0.2) is 42.4 Å². The molecule has 1 aliphatic carbocycles. The van der Waals surface area contributed by atoms with Crippen molar-refractivity contribution < 1.29 is 5.11 Å². The molecular weight excluding hydrogens is 262 g/mol. The van der Waals surface area contributed by atoms with Crippen LogP contribution >= 0.6 is 0 Å². The van der Waals surface area contributed by atoms with Crippen molar-refractivity contribution in [1.29, 1.82) is 0 Å². The summed E-state index contributed by atoms with van der Waals surface area (Å²) in [4.78, 5) is 6.52. The number of aromatic nitrogens is 1. The quantitative estimate of drug-likeness (QED) is 0.872. The highest BCUT2D eigenvalue weighted by molar-refractivity contribution is 5.44. The van der Waals surface area contributed by atoms with Gasteiger partial charge in [-0.15, -0.1) is 0 Å². The SMILES string of the molecule is OCC1(CNC2CCN(c3ccncc3)CC2)CCCC1. The second kappa shape index (κ2) is 6.75. The molecule has 2 fully saturated rings. The molecule has 0 amide bonds. The van der Waals surface area contributed by atoms with Crippen molar-refractivity contribution >= 4 is 5.69 Å². The molecule has 2 N–H and O–H groups in total. The lowest BCUT2D eigenvalue weighted by Crippen LogP contribution is -2.46. The summed E-state index contributed by atoms with van der Waals surface area (Å²) in [5, 5.41) is 13.4. The first-order chi connectivity index (χ1) is 10.3. The number of hydrogen-bond acceptors (Lipinski definition) is 4. The topological polar surface area (TPSA) is 48.4 Å². The van der Waals surface area contributed by atoms with E-state index in [4.69, 9.17) is 0 Å². The Morgan fingerprint density at radius 1 is 1.19 bits per heavy atom. The molecule has 1 saturated heterocycles. The van der Waals surface area contributed by atoms with Gasteiger partial charge in [-0.1, -0.05) is 12.8 Å². The zero-order chi connectivity index (χ0) is 14.5. The summed E-state index contributed by atoms with van der Waals surface area (Å²) in [7, 11) is 0. The molecule has 1 aromatic heterocycles. The van der Waals surface area contributed by atoms with Crippen LogP contribution in [0.25, 0.3) is 0 Å². The maximum Gasteiger partial charge on any atom is 0.0499 e. The summed E-state index contributed by atoms with van der Waals surface area (Å²) < 4.78 is 0. The average molecular weight is 289 g/mol. The van der Waals surface area contributed by atoms with E-state index >= 15 is 0 Å². The van der Waals surface area contributed by atoms with Crippen LogP contribution < -0.4 is 10.2 Å². The molecule has 1 aliphatic heterocycles. The first kappa shape index (κ1) is 14.8. The predicted molar refractivity (Wildman–Crippen MR) is 85.5 cm³/mol. The van der Waals surface area contributed by atoms with E-state index < -0.39 is 0 Å². The van der Waals surface area contributed by atoms with Crippen molar-refractivity contribution in [3.05, 3.63) is 24.5 Å². The molecule has 2 aliphatic rings. The van der Waals surface area contributed by atoms with E-state index in [-0.39, 0.29) is 5.41 Å². The molecule has 3 rings (SSSR count). The zero-order valence-electron chi connectivity index (χ0n) is 12.8. The van der Waals surface area contributed by atoms with Gasteiger partial charge in [0.2, 0.25) is 0 Å². The van der Waals surface area contributed by atoms with Crippen molar-refractivity contribution in [2.24, 2.45) is 5.41 Å². The minimum atomic E-state index is 0.169. The number of hydrogen-bond donors (Lipinski definition) is 2. The van der Waals surface area contributed by atoms with Gasteiger partial charge in [0, 0.05) is 55.8 Å². The summed E-state index contributed by atoms with van der Waals surface area (Å²) in [6.45, 7) is 3.54. The van der Waals surface area contributed by atoms with E-state index in [2.05, 4.69) is 27.3 Å². The summed E-state index contributed by atoms with van der Waals surface area (Å²) in [5.74, 6) is 0. The Bertz CT molecular complexity index is 423. The summed E-state index contributed by atoms with van der Waals surface area (Å²) >= 11 is 0. The van der Waals surface area contributed by atoms with Crippen molar-refractivity contribution in [2.45, 2.75) is 44.6 Å². The summed E-state index contributed by atoms with van der Waals surface area (Å²) in [6, 6.07) is 4.78. The van der Waals surface area contributed by atoms with Gasteiger partial charge in [-0.05, 0) is 37.8 Å². The molecule has 1 aromatic rings. The largest absolute Gasteiger partial charge is 0.396 e. The highest BCUT2D eigenvalue weighted by atomic mass is 16.3. The maximum atomic E-state index is 9.68. The lowest BCUT2D eigenvalue weighted by molar-refractivity contribution is 0.123. The van der Waals surface area contributed by atoms with Gasteiger partial charge < -0.3 is 15.3 Å². The van der Waals surface area contributed by atoms with Gasteiger partial charge in [0.15, 0.2) is 0 Å². The van der Waals surface area contributed by atoms with Crippen LogP contribution in [-0.2, 0) is 0 Å². The number of nitrogens with zero attached hydrogens (tertiary/aromatic N) is 2. The van der Waals surface area contributed by atoms with Gasteiger partial charge in [0.05, 0.1) is 0 Å². The molecule has 116 valence electrons. The lowest BCUT2D eigenvalue weighted by atomic mass is 9.86. The average Bonchev–Trinajstić information content (AvgIpc) is 3.04. The fraction of sp³-hybridized carbons (Fsp3) is 0.706. The molecule has 1 saturated carbocycles. The van der Waals surface area contributed by atoms with Crippen molar-refractivity contribution in [3.63, 3.8) is 0 Å². The monoisotopic (exact) mass is 289 g/mol. The summed E-state index contributed by atoms with van der Waals surface area (Å²) in [5.41, 5.74) is 1.45. The third kappa shape index (κ3) is 3.55. The Kier molecular flexibility index (Phi) is 4.76. The smallest absolute Gasteiger partial charge is 0.0499 e. The van der Waals surface area contributed by atoms with E-state index in [0.29, 0.717) is 12.6 Å². The first-order valence-electron chi connectivity index (χ1n) is 8.31. The fourth-order valence-electron chi connectivity index (χ4n) is 3.77. The van der Waals surface area contributed by atoms with Crippen molar-refractivity contribution in [2.75, 3.05) is 31.1 Å². The first-order valence-corrected chi connectivity index (χ1v) is 8.31. The normalized spacial score (nSPS) is 22.6. The lowest BCUT2D eigenvalue weighted by Gasteiger charge is -2.36. The summed E-state index contributed by atoms with van der Waals surface area (Å²) in [6.07, 6.45) is 11.0. The Hall–Kier alpha value is -1.13. The van der Waals surface area contributed by atoms with Gasteiger partial charge in [0.25, 0.3) is 0 Å². The second-order valence-electron chi connectivity index (χ2n) is 6.71. The predicted octanol–water partition coefficient (Wildman–Crippen LogP) is 2.19. The van der Waals surface area contributed by atoms with Crippen LogP contribution in [0.1, 0.15) is 38.5 Å². The molecule has 2 heterocycles. The molecule has 4 nitrogen and oxygen atoms in total. The number of aliphatic hydroxyl groups excluding tert-OH is 1. The van der Waals surface area contributed by atoms with Crippen LogP contribution in [0.4, 0.5) is 5.69 Å². The number of aliphatic hydroxyl groups is 1. The number of piperidine rings is 1. The highest BCUT2D eigenvalue weighted by Crippen LogP contribution is 2.37. The third-order valence-corrected chi connectivity index (χ3v) is 5.29. The molecule has 0 radical (unpaired) electrons. The van der Waals surface area contributed by atoms with Crippen LogP contribution in [0, 0.1) is 5.41 Å². The minimum Gasteiger partial charge on any atom is -0.396 e. The van der Waals surface area contributed by atoms with Gasteiger partial charge in [-0.3, -0.25) is 4.98 Å². The Morgan fingerprint density at radius 3 is 2.48 bits per heavy atom. The molecule has 21 heavy (non-hydrogen) atoms. The molecule has 0 spiro atoms. The highest BCUT2D eigenvalue weighted by Gasteiger charge is 2.33. The van der Waals surface area contributed by atoms with Crippen LogP contribution in [0.5, 0.6) is 0 Å². The third-order valence-electron chi connectivity index (χ3n) is 5.29. The Morgan fingerprint density at radius 2 is 1.86 bits per heavy atom. The number of nitrogens with one attached hydrogen (secondary N) is 1. The van der Waals surface area contributed by atoms with E-state index in [9.17, 15) is 5.11 Å². The molecule has 0 atom stereocenters. The van der Waals surface area contributed by atoms with Gasteiger partial charge >= 0.3 is 0 Å². The van der Waals surface area contributed by atoms with Crippen molar-refractivity contribution in [3.8, 4) is 0 Å². The van der Waals surface area contributed by atoms with Gasteiger partial charge in [0.1, 0.15) is 0 Å². The number of anilines is 1. The molecular formula is C17H27N3O. The standard InChI is InChI=1S/C17H27N3O/c21-14-17(7-1-2-8-17)13-19-15-5-11-20(12-6-15)16-3-9-18-10-4-16/h3-4,9-10,15,19,21H,1-2,5-8,11-14H2. The molecule has 0 aromatic carbocycles. The van der Waals surface area contributed by atoms with E-state index in [1.807, 2.05) is 12.4 Å². The van der Waals surface area contributed by atoms with E-state index in [1.54, 1.807) is 0 Å².